The molecule has 0 radical (unpaired) electrons. The van der Waals surface area contributed by atoms with Crippen LogP contribution in [0.15, 0.2) is 60.7 Å². The van der Waals surface area contributed by atoms with Gasteiger partial charge in [0.1, 0.15) is 5.82 Å². The van der Waals surface area contributed by atoms with E-state index in [0.717, 1.165) is 22.9 Å². The first-order valence-electron chi connectivity index (χ1n) is 7.72. The van der Waals surface area contributed by atoms with E-state index >= 15 is 0 Å². The number of carbonyl (C=O) groups is 2. The second-order valence-electron chi connectivity index (χ2n) is 5.49. The van der Waals surface area contributed by atoms with Crippen LogP contribution in [-0.2, 0) is 9.53 Å². The Morgan fingerprint density at radius 1 is 1.04 bits per heavy atom. The summed E-state index contributed by atoms with van der Waals surface area (Å²) in [5, 5.41) is 13.3. The van der Waals surface area contributed by atoms with Gasteiger partial charge in [0, 0.05) is 5.69 Å². The van der Waals surface area contributed by atoms with Gasteiger partial charge >= 0.3 is 5.97 Å². The zero-order valence-electron chi connectivity index (χ0n) is 13.5. The first kappa shape index (κ1) is 17.1. The molecule has 0 fully saturated rings. The maximum absolute atomic E-state index is 13.8. The number of nitrogens with one attached hydrogen (secondary N) is 1. The van der Waals surface area contributed by atoms with Crippen LogP contribution in [0.25, 0.3) is 10.8 Å². The van der Waals surface area contributed by atoms with Crippen molar-refractivity contribution < 1.29 is 18.7 Å². The van der Waals surface area contributed by atoms with Crippen LogP contribution >= 0.6 is 0 Å². The minimum absolute atomic E-state index is 0.0908. The Morgan fingerprint density at radius 2 is 1.81 bits per heavy atom. The first-order chi connectivity index (χ1) is 12.6. The standard InChI is InChI=1S/C20H13FN2O3/c21-18-9-13(11-22)5-8-17(18)20(25)26-12-19(24)23-16-7-6-14-3-1-2-4-15(14)10-16/h1-10H,12H2,(H,23,24). The van der Waals surface area contributed by atoms with Crippen molar-refractivity contribution in [2.45, 2.75) is 0 Å². The predicted molar refractivity (Wildman–Crippen MR) is 94.0 cm³/mol. The third kappa shape index (κ3) is 3.84. The van der Waals surface area contributed by atoms with E-state index in [1.54, 1.807) is 18.2 Å². The number of halogens is 1. The number of ether oxygens (including phenoxy) is 1. The van der Waals surface area contributed by atoms with Gasteiger partial charge in [-0.25, -0.2) is 9.18 Å². The fraction of sp³-hybridized carbons (Fsp3) is 0.0500. The van der Waals surface area contributed by atoms with Crippen LogP contribution in [0.4, 0.5) is 10.1 Å². The summed E-state index contributed by atoms with van der Waals surface area (Å²) >= 11 is 0. The summed E-state index contributed by atoms with van der Waals surface area (Å²) in [6.07, 6.45) is 0. The molecular formula is C20H13FN2O3. The number of nitrogens with zero attached hydrogens (tertiary/aromatic N) is 1. The lowest BCUT2D eigenvalue weighted by Crippen LogP contribution is -2.21. The van der Waals surface area contributed by atoms with Crippen LogP contribution < -0.4 is 5.32 Å². The van der Waals surface area contributed by atoms with E-state index in [1.807, 2.05) is 30.3 Å². The largest absolute Gasteiger partial charge is 0.452 e. The molecule has 0 aliphatic rings. The lowest BCUT2D eigenvalue weighted by Gasteiger charge is -2.08. The number of esters is 1. The molecule has 26 heavy (non-hydrogen) atoms. The predicted octanol–water partition coefficient (Wildman–Crippen LogP) is 3.65. The third-order valence-corrected chi connectivity index (χ3v) is 3.69. The highest BCUT2D eigenvalue weighted by Crippen LogP contribution is 2.18. The van der Waals surface area contributed by atoms with Gasteiger partial charge in [0.15, 0.2) is 6.61 Å². The van der Waals surface area contributed by atoms with Crippen molar-refractivity contribution in [3.05, 3.63) is 77.6 Å². The van der Waals surface area contributed by atoms with Crippen molar-refractivity contribution >= 4 is 28.3 Å². The molecule has 3 aromatic carbocycles. The molecule has 0 bridgehead atoms. The minimum atomic E-state index is -0.972. The lowest BCUT2D eigenvalue weighted by molar-refractivity contribution is -0.119. The SMILES string of the molecule is N#Cc1ccc(C(=O)OCC(=O)Nc2ccc3ccccc3c2)c(F)c1. The highest BCUT2D eigenvalue weighted by atomic mass is 19.1. The highest BCUT2D eigenvalue weighted by molar-refractivity contribution is 5.97. The molecule has 0 unspecified atom stereocenters. The Balaban J connectivity index is 1.61. The summed E-state index contributed by atoms with van der Waals surface area (Å²) in [5.41, 5.74) is 0.324. The Hall–Kier alpha value is -3.72. The summed E-state index contributed by atoms with van der Waals surface area (Å²) < 4.78 is 18.6. The van der Waals surface area contributed by atoms with Crippen LogP contribution in [0.1, 0.15) is 15.9 Å². The lowest BCUT2D eigenvalue weighted by atomic mass is 10.1. The van der Waals surface area contributed by atoms with Crippen LogP contribution in [-0.4, -0.2) is 18.5 Å². The van der Waals surface area contributed by atoms with Crippen molar-refractivity contribution in [2.75, 3.05) is 11.9 Å². The van der Waals surface area contributed by atoms with Crippen LogP contribution in [0.3, 0.4) is 0 Å². The van der Waals surface area contributed by atoms with Gasteiger partial charge in [-0.3, -0.25) is 4.79 Å². The maximum atomic E-state index is 13.8. The number of anilines is 1. The van der Waals surface area contributed by atoms with Crippen molar-refractivity contribution in [1.82, 2.24) is 0 Å². The molecule has 0 aromatic heterocycles. The molecule has 1 amide bonds. The average molecular weight is 348 g/mol. The molecule has 3 rings (SSSR count). The number of amides is 1. The average Bonchev–Trinajstić information content (AvgIpc) is 2.66. The van der Waals surface area contributed by atoms with Crippen molar-refractivity contribution in [3.63, 3.8) is 0 Å². The smallest absolute Gasteiger partial charge is 0.341 e. The van der Waals surface area contributed by atoms with Crippen LogP contribution in [0, 0.1) is 17.1 Å². The second-order valence-corrected chi connectivity index (χ2v) is 5.49. The maximum Gasteiger partial charge on any atom is 0.341 e. The van der Waals surface area contributed by atoms with Gasteiger partial charge < -0.3 is 10.1 Å². The molecule has 0 aliphatic heterocycles. The number of hydrogen-bond donors (Lipinski definition) is 1. The molecule has 0 saturated carbocycles. The van der Waals surface area contributed by atoms with E-state index < -0.39 is 24.3 Å². The molecular weight excluding hydrogens is 335 g/mol. The van der Waals surface area contributed by atoms with Gasteiger partial charge in [-0.2, -0.15) is 5.26 Å². The van der Waals surface area contributed by atoms with Gasteiger partial charge in [0.25, 0.3) is 5.91 Å². The van der Waals surface area contributed by atoms with Gasteiger partial charge in [-0.1, -0.05) is 30.3 Å². The number of fused-ring (bicyclic) bond motifs is 1. The fourth-order valence-electron chi connectivity index (χ4n) is 2.42. The second kappa shape index (κ2) is 7.45. The van der Waals surface area contributed by atoms with Crippen LogP contribution in [0.2, 0.25) is 0 Å². The fourth-order valence-corrected chi connectivity index (χ4v) is 2.42. The van der Waals surface area contributed by atoms with Crippen LogP contribution in [0.5, 0.6) is 0 Å². The van der Waals surface area contributed by atoms with Gasteiger partial charge in [-0.15, -0.1) is 0 Å². The van der Waals surface area contributed by atoms with E-state index in [0.29, 0.717) is 5.69 Å². The van der Waals surface area contributed by atoms with E-state index in [-0.39, 0.29) is 11.1 Å². The molecule has 3 aromatic rings. The summed E-state index contributed by atoms with van der Waals surface area (Å²) in [4.78, 5) is 23.8. The quantitative estimate of drug-likeness (QED) is 0.730. The van der Waals surface area contributed by atoms with Gasteiger partial charge in [0.2, 0.25) is 0 Å². The molecule has 128 valence electrons. The third-order valence-electron chi connectivity index (χ3n) is 3.69. The Bertz CT molecular complexity index is 1040. The summed E-state index contributed by atoms with van der Waals surface area (Å²) in [7, 11) is 0. The molecule has 0 aliphatic carbocycles. The zero-order valence-corrected chi connectivity index (χ0v) is 13.5. The molecule has 0 spiro atoms. The molecule has 1 N–H and O–H groups in total. The molecule has 0 saturated heterocycles. The molecule has 6 heteroatoms. The molecule has 0 atom stereocenters. The highest BCUT2D eigenvalue weighted by Gasteiger charge is 2.15. The van der Waals surface area contributed by atoms with Crippen molar-refractivity contribution in [3.8, 4) is 6.07 Å². The zero-order chi connectivity index (χ0) is 18.5. The van der Waals surface area contributed by atoms with E-state index in [4.69, 9.17) is 10.00 Å². The number of carbonyl (C=O) groups excluding carboxylic acids is 2. The van der Waals surface area contributed by atoms with E-state index in [2.05, 4.69) is 5.32 Å². The normalized spacial score (nSPS) is 10.2. The Labute approximate surface area is 148 Å². The van der Waals surface area contributed by atoms with Crippen molar-refractivity contribution in [2.24, 2.45) is 0 Å². The Morgan fingerprint density at radius 3 is 2.54 bits per heavy atom. The summed E-state index contributed by atoms with van der Waals surface area (Å²) in [6, 6.07) is 18.2. The molecule has 5 nitrogen and oxygen atoms in total. The number of benzene rings is 3. The Kier molecular flexibility index (Phi) is 4.90. The number of hydrogen-bond acceptors (Lipinski definition) is 4. The van der Waals surface area contributed by atoms with Gasteiger partial charge in [-0.05, 0) is 41.1 Å². The number of rotatable bonds is 4. The van der Waals surface area contributed by atoms with Gasteiger partial charge in [0.05, 0.1) is 17.2 Å². The summed E-state index contributed by atoms with van der Waals surface area (Å²) in [5.74, 6) is -2.38. The summed E-state index contributed by atoms with van der Waals surface area (Å²) in [6.45, 7) is -0.550. The number of nitriles is 1. The van der Waals surface area contributed by atoms with E-state index in [1.165, 1.54) is 6.07 Å². The topological polar surface area (TPSA) is 79.2 Å². The minimum Gasteiger partial charge on any atom is -0.452 e. The monoisotopic (exact) mass is 348 g/mol. The first-order valence-corrected chi connectivity index (χ1v) is 7.72. The molecule has 0 heterocycles. The van der Waals surface area contributed by atoms with E-state index in [9.17, 15) is 14.0 Å². The van der Waals surface area contributed by atoms with Crippen molar-refractivity contribution in [1.29, 1.82) is 5.26 Å².